The molecule has 0 unspecified atom stereocenters. The van der Waals surface area contributed by atoms with Crippen molar-refractivity contribution in [3.8, 4) is 5.75 Å². The van der Waals surface area contributed by atoms with Crippen LogP contribution in [0.4, 0.5) is 5.69 Å². The number of hydrogen-bond donors (Lipinski definition) is 2. The Hall–Kier alpha value is -2.50. The van der Waals surface area contributed by atoms with Crippen molar-refractivity contribution in [3.05, 3.63) is 41.3 Å². The fourth-order valence-electron chi connectivity index (χ4n) is 1.74. The summed E-state index contributed by atoms with van der Waals surface area (Å²) in [5.74, 6) is 0.407. The first-order valence-corrected chi connectivity index (χ1v) is 5.73. The van der Waals surface area contributed by atoms with E-state index in [0.717, 1.165) is 0 Å². The Morgan fingerprint density at radius 3 is 2.84 bits per heavy atom. The molecule has 1 aromatic heterocycles. The first kappa shape index (κ1) is 12.9. The van der Waals surface area contributed by atoms with Crippen LogP contribution in [-0.4, -0.2) is 28.1 Å². The number of nitrogen functional groups attached to an aromatic ring is 1. The van der Waals surface area contributed by atoms with Gasteiger partial charge in [-0.2, -0.15) is 0 Å². The molecule has 0 aliphatic heterocycles. The topological polar surface area (TPSA) is 92.6 Å². The van der Waals surface area contributed by atoms with E-state index in [-0.39, 0.29) is 17.2 Å². The fraction of sp³-hybridized carbons (Fsp3) is 0.231. The number of carbonyl (C=O) groups excluding carboxylic acids is 1. The maximum absolute atomic E-state index is 12.2. The van der Waals surface area contributed by atoms with Gasteiger partial charge < -0.3 is 20.3 Å². The van der Waals surface area contributed by atoms with Gasteiger partial charge >= 0.3 is 0 Å². The molecule has 0 atom stereocenters. The summed E-state index contributed by atoms with van der Waals surface area (Å²) in [5, 5.41) is 13.2. The Labute approximate surface area is 110 Å². The summed E-state index contributed by atoms with van der Waals surface area (Å²) in [7, 11) is 1.63. The summed E-state index contributed by atoms with van der Waals surface area (Å²) < 4.78 is 4.94. The molecule has 19 heavy (non-hydrogen) atoms. The van der Waals surface area contributed by atoms with E-state index in [1.807, 2.05) is 0 Å². The molecule has 0 aliphatic carbocycles. The zero-order valence-corrected chi connectivity index (χ0v) is 10.8. The molecule has 1 aromatic carbocycles. The van der Waals surface area contributed by atoms with Gasteiger partial charge in [-0.15, -0.1) is 0 Å². The number of rotatable bonds is 3. The quantitative estimate of drug-likeness (QED) is 0.645. The summed E-state index contributed by atoms with van der Waals surface area (Å²) in [5.41, 5.74) is 6.98. The van der Waals surface area contributed by atoms with Crippen molar-refractivity contribution in [2.24, 2.45) is 0 Å². The van der Waals surface area contributed by atoms with Crippen LogP contribution < -0.4 is 5.73 Å². The molecule has 0 saturated heterocycles. The van der Waals surface area contributed by atoms with E-state index in [2.05, 4.69) is 5.16 Å². The lowest BCUT2D eigenvalue weighted by Crippen LogP contribution is -2.27. The monoisotopic (exact) mass is 261 g/mol. The zero-order valence-electron chi connectivity index (χ0n) is 10.8. The van der Waals surface area contributed by atoms with Gasteiger partial charge in [-0.25, -0.2) is 0 Å². The Morgan fingerprint density at radius 2 is 2.21 bits per heavy atom. The van der Waals surface area contributed by atoms with Crippen LogP contribution in [0, 0.1) is 6.92 Å². The van der Waals surface area contributed by atoms with Gasteiger partial charge in [0.1, 0.15) is 17.2 Å². The van der Waals surface area contributed by atoms with Crippen LogP contribution in [0.15, 0.2) is 28.8 Å². The third-order valence-electron chi connectivity index (χ3n) is 2.69. The van der Waals surface area contributed by atoms with E-state index in [9.17, 15) is 9.90 Å². The largest absolute Gasteiger partial charge is 0.508 e. The minimum atomic E-state index is -0.283. The first-order chi connectivity index (χ1) is 8.97. The summed E-state index contributed by atoms with van der Waals surface area (Å²) in [6.07, 6.45) is 0. The highest BCUT2D eigenvalue weighted by Gasteiger charge is 2.16. The molecule has 0 spiro atoms. The van der Waals surface area contributed by atoms with Crippen molar-refractivity contribution in [1.82, 2.24) is 10.1 Å². The smallest absolute Gasteiger partial charge is 0.256 e. The summed E-state index contributed by atoms with van der Waals surface area (Å²) in [6.45, 7) is 2.09. The number of phenolic OH excluding ortho intramolecular Hbond substituents is 1. The van der Waals surface area contributed by atoms with Crippen molar-refractivity contribution in [2.75, 3.05) is 12.8 Å². The van der Waals surface area contributed by atoms with Crippen LogP contribution in [0.1, 0.15) is 21.8 Å². The third-order valence-corrected chi connectivity index (χ3v) is 2.69. The number of phenols is 1. The number of benzene rings is 1. The maximum Gasteiger partial charge on any atom is 0.256 e. The van der Waals surface area contributed by atoms with Crippen LogP contribution in [0.3, 0.4) is 0 Å². The standard InChI is InChI=1S/C13H15N3O3/c1-8-5-9(15-19-8)7-16(2)13(18)11-6-10(17)3-4-12(11)14/h3-6,17H,7,14H2,1-2H3. The van der Waals surface area contributed by atoms with Gasteiger partial charge in [0, 0.05) is 18.8 Å². The second-order valence-corrected chi connectivity index (χ2v) is 4.36. The molecule has 1 amide bonds. The molecule has 0 radical (unpaired) electrons. The van der Waals surface area contributed by atoms with Gasteiger partial charge in [-0.3, -0.25) is 4.79 Å². The molecule has 6 heteroatoms. The molecule has 0 saturated carbocycles. The molecule has 1 heterocycles. The SMILES string of the molecule is Cc1cc(CN(C)C(=O)c2cc(O)ccc2N)no1. The first-order valence-electron chi connectivity index (χ1n) is 5.73. The van der Waals surface area contributed by atoms with E-state index < -0.39 is 0 Å². The molecule has 0 aliphatic rings. The van der Waals surface area contributed by atoms with Crippen molar-refractivity contribution < 1.29 is 14.4 Å². The average Bonchev–Trinajstić information content (AvgIpc) is 2.77. The molecular weight excluding hydrogens is 246 g/mol. The average molecular weight is 261 g/mol. The summed E-state index contributed by atoms with van der Waals surface area (Å²) in [6, 6.07) is 6.04. The van der Waals surface area contributed by atoms with Crippen molar-refractivity contribution in [3.63, 3.8) is 0 Å². The Morgan fingerprint density at radius 1 is 1.47 bits per heavy atom. The Kier molecular flexibility index (Phi) is 3.41. The van der Waals surface area contributed by atoms with E-state index in [0.29, 0.717) is 23.7 Å². The number of aryl methyl sites for hydroxylation is 1. The zero-order chi connectivity index (χ0) is 14.0. The minimum absolute atomic E-state index is 0.00299. The molecular formula is C13H15N3O3. The number of nitrogens with two attached hydrogens (primary N) is 1. The van der Waals surface area contributed by atoms with Gasteiger partial charge in [-0.1, -0.05) is 5.16 Å². The van der Waals surface area contributed by atoms with Gasteiger partial charge in [0.25, 0.3) is 5.91 Å². The molecule has 100 valence electrons. The number of amides is 1. The second-order valence-electron chi connectivity index (χ2n) is 4.36. The molecule has 2 rings (SSSR count). The van der Waals surface area contributed by atoms with Gasteiger partial charge in [0.2, 0.25) is 0 Å². The third kappa shape index (κ3) is 2.85. The molecule has 2 aromatic rings. The normalized spacial score (nSPS) is 10.4. The highest BCUT2D eigenvalue weighted by molar-refractivity contribution is 5.99. The van der Waals surface area contributed by atoms with Crippen LogP contribution in [-0.2, 0) is 6.54 Å². The van der Waals surface area contributed by atoms with Crippen LogP contribution >= 0.6 is 0 Å². The number of aromatic nitrogens is 1. The van der Waals surface area contributed by atoms with Crippen LogP contribution in [0.5, 0.6) is 5.75 Å². The number of anilines is 1. The lowest BCUT2D eigenvalue weighted by Gasteiger charge is -2.16. The van der Waals surface area contributed by atoms with E-state index in [4.69, 9.17) is 10.3 Å². The number of nitrogens with zero attached hydrogens (tertiary/aromatic N) is 2. The molecule has 6 nitrogen and oxygen atoms in total. The lowest BCUT2D eigenvalue weighted by atomic mass is 10.1. The predicted molar refractivity (Wildman–Crippen MR) is 69.6 cm³/mol. The van der Waals surface area contributed by atoms with Gasteiger partial charge in [-0.05, 0) is 25.1 Å². The van der Waals surface area contributed by atoms with E-state index >= 15 is 0 Å². The molecule has 0 fully saturated rings. The van der Waals surface area contributed by atoms with E-state index in [1.54, 1.807) is 20.0 Å². The maximum atomic E-state index is 12.2. The number of aromatic hydroxyl groups is 1. The second kappa shape index (κ2) is 5.01. The van der Waals surface area contributed by atoms with Gasteiger partial charge in [0.15, 0.2) is 0 Å². The number of carbonyl (C=O) groups is 1. The van der Waals surface area contributed by atoms with Crippen molar-refractivity contribution in [2.45, 2.75) is 13.5 Å². The Balaban J connectivity index is 2.16. The lowest BCUT2D eigenvalue weighted by molar-refractivity contribution is 0.0783. The number of hydrogen-bond acceptors (Lipinski definition) is 5. The van der Waals surface area contributed by atoms with E-state index in [1.165, 1.54) is 23.1 Å². The van der Waals surface area contributed by atoms with Crippen molar-refractivity contribution >= 4 is 11.6 Å². The Bertz CT molecular complexity index is 607. The summed E-state index contributed by atoms with van der Waals surface area (Å²) in [4.78, 5) is 13.7. The molecule has 3 N–H and O–H groups in total. The fourth-order valence-corrected chi connectivity index (χ4v) is 1.74. The van der Waals surface area contributed by atoms with Crippen LogP contribution in [0.2, 0.25) is 0 Å². The highest BCUT2D eigenvalue weighted by atomic mass is 16.5. The van der Waals surface area contributed by atoms with Gasteiger partial charge in [0.05, 0.1) is 12.1 Å². The predicted octanol–water partition coefficient (Wildman–Crippen LogP) is 1.54. The summed E-state index contributed by atoms with van der Waals surface area (Å²) >= 11 is 0. The van der Waals surface area contributed by atoms with Crippen molar-refractivity contribution in [1.29, 1.82) is 0 Å². The molecule has 0 bridgehead atoms. The van der Waals surface area contributed by atoms with Crippen LogP contribution in [0.25, 0.3) is 0 Å². The highest BCUT2D eigenvalue weighted by Crippen LogP contribution is 2.20. The minimum Gasteiger partial charge on any atom is -0.508 e.